The van der Waals surface area contributed by atoms with Gasteiger partial charge in [-0.15, -0.1) is 0 Å². The summed E-state index contributed by atoms with van der Waals surface area (Å²) in [5.74, 6) is 0.685. The minimum atomic E-state index is 0.432. The van der Waals surface area contributed by atoms with Crippen LogP contribution >= 0.6 is 0 Å². The predicted octanol–water partition coefficient (Wildman–Crippen LogP) is 2.25. The first-order valence-corrected chi connectivity index (χ1v) is 7.28. The van der Waals surface area contributed by atoms with E-state index in [0.717, 1.165) is 26.1 Å². The summed E-state index contributed by atoms with van der Waals surface area (Å²) in [5.41, 5.74) is 5.94. The van der Waals surface area contributed by atoms with Crippen molar-refractivity contribution < 1.29 is 4.74 Å². The Morgan fingerprint density at radius 1 is 1.41 bits per heavy atom. The van der Waals surface area contributed by atoms with Crippen LogP contribution in [0.2, 0.25) is 0 Å². The first kappa shape index (κ1) is 14.9. The lowest BCUT2D eigenvalue weighted by atomic mass is 9.95. The first-order valence-electron chi connectivity index (χ1n) is 7.28. The van der Waals surface area contributed by atoms with Crippen LogP contribution in [0.5, 0.6) is 0 Å². The van der Waals surface area contributed by atoms with E-state index in [1.165, 1.54) is 25.8 Å². The molecule has 0 aromatic rings. The zero-order valence-corrected chi connectivity index (χ0v) is 11.8. The highest BCUT2D eigenvalue weighted by molar-refractivity contribution is 4.83. The summed E-state index contributed by atoms with van der Waals surface area (Å²) < 4.78 is 5.89. The van der Waals surface area contributed by atoms with Crippen LogP contribution in [0, 0.1) is 5.92 Å². The molecule has 0 saturated carbocycles. The van der Waals surface area contributed by atoms with Crippen molar-refractivity contribution in [2.45, 2.75) is 58.6 Å². The molecule has 1 heterocycles. The maximum Gasteiger partial charge on any atom is 0.0702 e. The molecule has 0 aliphatic carbocycles. The van der Waals surface area contributed by atoms with Gasteiger partial charge < -0.3 is 10.5 Å². The highest BCUT2D eigenvalue weighted by Gasteiger charge is 2.27. The number of nitrogens with zero attached hydrogens (tertiary/aromatic N) is 1. The van der Waals surface area contributed by atoms with E-state index < -0.39 is 0 Å². The Kier molecular flexibility index (Phi) is 7.09. The van der Waals surface area contributed by atoms with Crippen LogP contribution in [0.1, 0.15) is 46.5 Å². The van der Waals surface area contributed by atoms with Crippen molar-refractivity contribution in [3.63, 3.8) is 0 Å². The molecule has 17 heavy (non-hydrogen) atoms. The summed E-state index contributed by atoms with van der Waals surface area (Å²) in [6.07, 6.45) is 5.22. The van der Waals surface area contributed by atoms with Gasteiger partial charge in [-0.25, -0.2) is 0 Å². The van der Waals surface area contributed by atoms with Crippen molar-refractivity contribution in [1.82, 2.24) is 4.90 Å². The molecule has 3 nitrogen and oxygen atoms in total. The number of rotatable bonds is 7. The fraction of sp³-hybridized carbons (Fsp3) is 1.00. The lowest BCUT2D eigenvalue weighted by molar-refractivity contribution is -0.0185. The average molecular weight is 242 g/mol. The van der Waals surface area contributed by atoms with Crippen molar-refractivity contribution in [3.8, 4) is 0 Å². The molecule has 102 valence electrons. The number of hydrogen-bond donors (Lipinski definition) is 1. The second kappa shape index (κ2) is 8.06. The second-order valence-corrected chi connectivity index (χ2v) is 5.32. The maximum absolute atomic E-state index is 5.94. The van der Waals surface area contributed by atoms with Crippen molar-refractivity contribution in [2.24, 2.45) is 11.7 Å². The van der Waals surface area contributed by atoms with Crippen LogP contribution in [-0.2, 0) is 4.74 Å². The zero-order valence-electron chi connectivity index (χ0n) is 11.8. The Labute approximate surface area is 107 Å². The standard InChI is InChI=1S/C14H30N2O/c1-4-9-17-13-7-6-8-16(11-13)14(10-15)12(3)5-2/h12-14H,4-11,15H2,1-3H3. The summed E-state index contributed by atoms with van der Waals surface area (Å²) in [5, 5.41) is 0. The monoisotopic (exact) mass is 242 g/mol. The molecule has 1 aliphatic rings. The molecule has 3 unspecified atom stereocenters. The molecule has 0 amide bonds. The van der Waals surface area contributed by atoms with E-state index >= 15 is 0 Å². The fourth-order valence-corrected chi connectivity index (χ4v) is 2.70. The van der Waals surface area contributed by atoms with Crippen LogP contribution in [0.25, 0.3) is 0 Å². The number of likely N-dealkylation sites (tertiary alicyclic amines) is 1. The molecule has 3 atom stereocenters. The summed E-state index contributed by atoms with van der Waals surface area (Å²) in [4.78, 5) is 2.55. The van der Waals surface area contributed by atoms with Crippen LogP contribution in [-0.4, -0.2) is 43.3 Å². The van der Waals surface area contributed by atoms with Gasteiger partial charge in [0.1, 0.15) is 0 Å². The highest BCUT2D eigenvalue weighted by Crippen LogP contribution is 2.20. The van der Waals surface area contributed by atoms with Gasteiger partial charge in [-0.3, -0.25) is 4.90 Å². The zero-order chi connectivity index (χ0) is 12.7. The average Bonchev–Trinajstić information content (AvgIpc) is 2.37. The first-order chi connectivity index (χ1) is 8.22. The molecule has 0 aromatic carbocycles. The predicted molar refractivity (Wildman–Crippen MR) is 73.1 cm³/mol. The molecule has 1 rings (SSSR count). The lowest BCUT2D eigenvalue weighted by Crippen LogP contribution is -2.51. The van der Waals surface area contributed by atoms with Gasteiger partial charge in [-0.05, 0) is 31.7 Å². The Bertz CT molecular complexity index is 199. The summed E-state index contributed by atoms with van der Waals surface area (Å²) in [6.45, 7) is 10.7. The van der Waals surface area contributed by atoms with E-state index in [4.69, 9.17) is 10.5 Å². The minimum Gasteiger partial charge on any atom is -0.377 e. The van der Waals surface area contributed by atoms with E-state index in [0.29, 0.717) is 18.1 Å². The summed E-state index contributed by atoms with van der Waals surface area (Å²) in [7, 11) is 0. The molecular formula is C14H30N2O. The molecule has 0 aromatic heterocycles. The molecule has 1 fully saturated rings. The van der Waals surface area contributed by atoms with Crippen LogP contribution in [0.3, 0.4) is 0 Å². The lowest BCUT2D eigenvalue weighted by Gasteiger charge is -2.40. The van der Waals surface area contributed by atoms with Gasteiger partial charge in [0.25, 0.3) is 0 Å². The van der Waals surface area contributed by atoms with Crippen LogP contribution in [0.15, 0.2) is 0 Å². The molecule has 1 saturated heterocycles. The molecule has 0 radical (unpaired) electrons. The van der Waals surface area contributed by atoms with Crippen LogP contribution in [0.4, 0.5) is 0 Å². The third-order valence-electron chi connectivity index (χ3n) is 3.98. The minimum absolute atomic E-state index is 0.432. The molecule has 3 heteroatoms. The Hall–Kier alpha value is -0.120. The highest BCUT2D eigenvalue weighted by atomic mass is 16.5. The van der Waals surface area contributed by atoms with Gasteiger partial charge in [0.2, 0.25) is 0 Å². The SMILES string of the molecule is CCCOC1CCCN(C(CN)C(C)CC)C1. The maximum atomic E-state index is 5.94. The summed E-state index contributed by atoms with van der Waals surface area (Å²) >= 11 is 0. The molecule has 0 spiro atoms. The molecular weight excluding hydrogens is 212 g/mol. The van der Waals surface area contributed by atoms with Gasteiger partial charge in [-0.2, -0.15) is 0 Å². The number of hydrogen-bond acceptors (Lipinski definition) is 3. The Balaban J connectivity index is 2.46. The van der Waals surface area contributed by atoms with Crippen molar-refractivity contribution >= 4 is 0 Å². The smallest absolute Gasteiger partial charge is 0.0702 e. The second-order valence-electron chi connectivity index (χ2n) is 5.32. The van der Waals surface area contributed by atoms with Gasteiger partial charge in [0.05, 0.1) is 6.10 Å². The number of ether oxygens (including phenoxy) is 1. The van der Waals surface area contributed by atoms with E-state index in [1.54, 1.807) is 0 Å². The molecule has 2 N–H and O–H groups in total. The number of nitrogens with two attached hydrogens (primary N) is 1. The Morgan fingerprint density at radius 3 is 2.76 bits per heavy atom. The normalized spacial score (nSPS) is 25.8. The van der Waals surface area contributed by atoms with Crippen molar-refractivity contribution in [3.05, 3.63) is 0 Å². The van der Waals surface area contributed by atoms with E-state index in [2.05, 4.69) is 25.7 Å². The largest absolute Gasteiger partial charge is 0.377 e. The number of piperidine rings is 1. The van der Waals surface area contributed by atoms with Crippen molar-refractivity contribution in [1.29, 1.82) is 0 Å². The quantitative estimate of drug-likeness (QED) is 0.744. The third kappa shape index (κ3) is 4.57. The van der Waals surface area contributed by atoms with E-state index in [9.17, 15) is 0 Å². The Morgan fingerprint density at radius 2 is 2.18 bits per heavy atom. The van der Waals surface area contributed by atoms with E-state index in [1.807, 2.05) is 0 Å². The topological polar surface area (TPSA) is 38.5 Å². The van der Waals surface area contributed by atoms with Gasteiger partial charge in [0.15, 0.2) is 0 Å². The third-order valence-corrected chi connectivity index (χ3v) is 3.98. The van der Waals surface area contributed by atoms with Gasteiger partial charge >= 0.3 is 0 Å². The van der Waals surface area contributed by atoms with Gasteiger partial charge in [-0.1, -0.05) is 27.2 Å². The molecule has 0 bridgehead atoms. The summed E-state index contributed by atoms with van der Waals surface area (Å²) in [6, 6.07) is 0.535. The fourth-order valence-electron chi connectivity index (χ4n) is 2.70. The molecule has 1 aliphatic heterocycles. The van der Waals surface area contributed by atoms with E-state index in [-0.39, 0.29) is 0 Å². The van der Waals surface area contributed by atoms with Crippen molar-refractivity contribution in [2.75, 3.05) is 26.2 Å². The van der Waals surface area contributed by atoms with Gasteiger partial charge in [0, 0.05) is 25.7 Å². The van der Waals surface area contributed by atoms with Crippen LogP contribution < -0.4 is 5.73 Å².